The predicted octanol–water partition coefficient (Wildman–Crippen LogP) is 2.91. The van der Waals surface area contributed by atoms with E-state index in [1.807, 2.05) is 31.3 Å². The SMILES string of the molecule is CN=C(NCc1nc(-c2ccc(OC)cc2)n[nH]1)N1CCC(C)(C)C1.I. The number of nitrogens with zero attached hydrogens (tertiary/aromatic N) is 4. The summed E-state index contributed by atoms with van der Waals surface area (Å²) in [5.74, 6) is 3.19. The van der Waals surface area contributed by atoms with Crippen molar-refractivity contribution < 1.29 is 4.74 Å². The predicted molar refractivity (Wildman–Crippen MR) is 114 cm³/mol. The van der Waals surface area contributed by atoms with E-state index in [4.69, 9.17) is 4.74 Å². The molecule has 1 fully saturated rings. The average Bonchev–Trinajstić information content (AvgIpc) is 3.22. The fourth-order valence-corrected chi connectivity index (χ4v) is 3.03. The monoisotopic (exact) mass is 470 g/mol. The van der Waals surface area contributed by atoms with Crippen molar-refractivity contribution >= 4 is 29.9 Å². The van der Waals surface area contributed by atoms with Gasteiger partial charge in [-0.2, -0.15) is 5.10 Å². The van der Waals surface area contributed by atoms with Crippen LogP contribution in [0.25, 0.3) is 11.4 Å². The van der Waals surface area contributed by atoms with Crippen LogP contribution in [0.4, 0.5) is 0 Å². The van der Waals surface area contributed by atoms with E-state index in [1.54, 1.807) is 7.11 Å². The molecule has 0 aliphatic carbocycles. The summed E-state index contributed by atoms with van der Waals surface area (Å²) in [7, 11) is 3.47. The van der Waals surface area contributed by atoms with Gasteiger partial charge in [0.15, 0.2) is 11.8 Å². The number of H-pyrrole nitrogens is 1. The molecule has 3 rings (SSSR count). The van der Waals surface area contributed by atoms with E-state index in [-0.39, 0.29) is 24.0 Å². The van der Waals surface area contributed by atoms with Gasteiger partial charge >= 0.3 is 0 Å². The quantitative estimate of drug-likeness (QED) is 0.408. The number of hydrogen-bond acceptors (Lipinski definition) is 4. The first-order valence-electron chi connectivity index (χ1n) is 8.52. The zero-order valence-corrected chi connectivity index (χ0v) is 18.1. The van der Waals surface area contributed by atoms with Crippen molar-refractivity contribution in [2.75, 3.05) is 27.2 Å². The maximum atomic E-state index is 5.17. The van der Waals surface area contributed by atoms with Crippen LogP contribution >= 0.6 is 24.0 Å². The minimum Gasteiger partial charge on any atom is -0.497 e. The van der Waals surface area contributed by atoms with Gasteiger partial charge in [0, 0.05) is 25.7 Å². The summed E-state index contributed by atoms with van der Waals surface area (Å²) in [5, 5.41) is 10.7. The van der Waals surface area contributed by atoms with Crippen molar-refractivity contribution in [3.63, 3.8) is 0 Å². The van der Waals surface area contributed by atoms with Crippen molar-refractivity contribution in [2.24, 2.45) is 10.4 Å². The molecule has 0 amide bonds. The number of aromatic amines is 1. The number of methoxy groups -OCH3 is 1. The van der Waals surface area contributed by atoms with Crippen LogP contribution in [0.1, 0.15) is 26.1 Å². The molecule has 1 aliphatic rings. The largest absolute Gasteiger partial charge is 0.497 e. The summed E-state index contributed by atoms with van der Waals surface area (Å²) in [4.78, 5) is 11.2. The molecule has 2 heterocycles. The molecule has 1 aromatic carbocycles. The lowest BCUT2D eigenvalue weighted by Gasteiger charge is -2.23. The molecular weight excluding hydrogens is 443 g/mol. The molecule has 2 N–H and O–H groups in total. The van der Waals surface area contributed by atoms with Crippen LogP contribution in [-0.2, 0) is 6.54 Å². The Morgan fingerprint density at radius 1 is 1.35 bits per heavy atom. The van der Waals surface area contributed by atoms with Gasteiger partial charge in [-0.05, 0) is 36.1 Å². The van der Waals surface area contributed by atoms with Crippen molar-refractivity contribution in [3.05, 3.63) is 30.1 Å². The van der Waals surface area contributed by atoms with E-state index in [9.17, 15) is 0 Å². The Labute approximate surface area is 171 Å². The van der Waals surface area contributed by atoms with Gasteiger partial charge in [0.25, 0.3) is 0 Å². The van der Waals surface area contributed by atoms with E-state index >= 15 is 0 Å². The van der Waals surface area contributed by atoms with Crippen LogP contribution in [-0.4, -0.2) is 53.3 Å². The molecule has 0 saturated carbocycles. The average molecular weight is 470 g/mol. The summed E-state index contributed by atoms with van der Waals surface area (Å²) in [5.41, 5.74) is 1.29. The van der Waals surface area contributed by atoms with Crippen molar-refractivity contribution in [3.8, 4) is 17.1 Å². The number of benzene rings is 1. The van der Waals surface area contributed by atoms with Gasteiger partial charge in [0.05, 0.1) is 13.7 Å². The minimum absolute atomic E-state index is 0. The molecule has 8 heteroatoms. The van der Waals surface area contributed by atoms with Crippen LogP contribution in [0.2, 0.25) is 0 Å². The molecule has 1 aliphatic heterocycles. The number of aliphatic imine (C=N–C) groups is 1. The normalized spacial score (nSPS) is 16.3. The number of rotatable bonds is 4. The van der Waals surface area contributed by atoms with Gasteiger partial charge in [-0.25, -0.2) is 4.98 Å². The fourth-order valence-electron chi connectivity index (χ4n) is 3.03. The highest BCUT2D eigenvalue weighted by atomic mass is 127. The first-order valence-corrected chi connectivity index (χ1v) is 8.52. The minimum atomic E-state index is 0. The first-order chi connectivity index (χ1) is 12.0. The van der Waals surface area contributed by atoms with Gasteiger partial charge in [-0.1, -0.05) is 13.8 Å². The van der Waals surface area contributed by atoms with E-state index in [1.165, 1.54) is 6.42 Å². The lowest BCUT2D eigenvalue weighted by atomic mass is 9.93. The van der Waals surface area contributed by atoms with Gasteiger partial charge in [-0.15, -0.1) is 24.0 Å². The molecule has 142 valence electrons. The molecule has 1 saturated heterocycles. The molecule has 0 radical (unpaired) electrons. The standard InChI is InChI=1S/C18H26N6O.HI/c1-18(2)9-10-24(12-18)17(19-3)20-11-15-21-16(23-22-15)13-5-7-14(25-4)8-6-13;/h5-8H,9-12H2,1-4H3,(H,19,20)(H,21,22,23);1H. The van der Waals surface area contributed by atoms with Gasteiger partial charge < -0.3 is 15.0 Å². The second kappa shape index (κ2) is 8.70. The number of likely N-dealkylation sites (tertiary alicyclic amines) is 1. The summed E-state index contributed by atoms with van der Waals surface area (Å²) < 4.78 is 5.17. The van der Waals surface area contributed by atoms with E-state index in [0.717, 1.165) is 36.2 Å². The van der Waals surface area contributed by atoms with Crippen molar-refractivity contribution in [1.29, 1.82) is 0 Å². The zero-order chi connectivity index (χ0) is 17.9. The third kappa shape index (κ3) is 4.87. The van der Waals surface area contributed by atoms with E-state index in [2.05, 4.69) is 44.2 Å². The molecule has 0 atom stereocenters. The van der Waals surface area contributed by atoms with Crippen LogP contribution in [0.5, 0.6) is 5.75 Å². The smallest absolute Gasteiger partial charge is 0.194 e. The Bertz CT molecular complexity index is 740. The molecule has 2 aromatic rings. The van der Waals surface area contributed by atoms with E-state index in [0.29, 0.717) is 17.8 Å². The fraction of sp³-hybridized carbons (Fsp3) is 0.500. The third-order valence-corrected chi connectivity index (χ3v) is 4.48. The lowest BCUT2D eigenvalue weighted by Crippen LogP contribution is -2.40. The molecule has 0 spiro atoms. The molecule has 7 nitrogen and oxygen atoms in total. The Hall–Kier alpha value is -1.84. The van der Waals surface area contributed by atoms with Crippen molar-refractivity contribution in [1.82, 2.24) is 25.4 Å². The third-order valence-electron chi connectivity index (χ3n) is 4.48. The van der Waals surface area contributed by atoms with Crippen molar-refractivity contribution in [2.45, 2.75) is 26.8 Å². The maximum Gasteiger partial charge on any atom is 0.194 e. The molecule has 1 aromatic heterocycles. The molecule has 26 heavy (non-hydrogen) atoms. The Morgan fingerprint density at radius 3 is 2.65 bits per heavy atom. The van der Waals surface area contributed by atoms with Crippen LogP contribution < -0.4 is 10.1 Å². The summed E-state index contributed by atoms with van der Waals surface area (Å²) in [6, 6.07) is 7.70. The summed E-state index contributed by atoms with van der Waals surface area (Å²) in [6.45, 7) is 7.18. The Morgan fingerprint density at radius 2 is 2.08 bits per heavy atom. The highest BCUT2D eigenvalue weighted by Crippen LogP contribution is 2.28. The number of aromatic nitrogens is 3. The second-order valence-electron chi connectivity index (χ2n) is 7.07. The van der Waals surface area contributed by atoms with Crippen LogP contribution in [0.3, 0.4) is 0 Å². The number of ether oxygens (including phenoxy) is 1. The van der Waals surface area contributed by atoms with Crippen LogP contribution in [0, 0.1) is 5.41 Å². The number of halogens is 1. The summed E-state index contributed by atoms with van der Waals surface area (Å²) >= 11 is 0. The highest BCUT2D eigenvalue weighted by molar-refractivity contribution is 14.0. The zero-order valence-electron chi connectivity index (χ0n) is 15.7. The second-order valence-corrected chi connectivity index (χ2v) is 7.07. The first kappa shape index (κ1) is 20.5. The Balaban J connectivity index is 0.00000243. The molecule has 0 bridgehead atoms. The Kier molecular flexibility index (Phi) is 6.85. The van der Waals surface area contributed by atoms with Gasteiger partial charge in [-0.3, -0.25) is 10.1 Å². The van der Waals surface area contributed by atoms with Gasteiger partial charge in [0.1, 0.15) is 11.6 Å². The molecular formula is C18H27IN6O. The van der Waals surface area contributed by atoms with Gasteiger partial charge in [0.2, 0.25) is 0 Å². The van der Waals surface area contributed by atoms with Crippen LogP contribution in [0.15, 0.2) is 29.3 Å². The molecule has 0 unspecified atom stereocenters. The van der Waals surface area contributed by atoms with E-state index < -0.39 is 0 Å². The number of nitrogens with one attached hydrogen (secondary N) is 2. The number of hydrogen-bond donors (Lipinski definition) is 2. The summed E-state index contributed by atoms with van der Waals surface area (Å²) in [6.07, 6.45) is 1.18. The maximum absolute atomic E-state index is 5.17. The topological polar surface area (TPSA) is 78.4 Å². The lowest BCUT2D eigenvalue weighted by molar-refractivity contribution is 0.370. The number of guanidine groups is 1. The highest BCUT2D eigenvalue weighted by Gasteiger charge is 2.30.